The maximum absolute atomic E-state index is 13.6. The fourth-order valence-electron chi connectivity index (χ4n) is 3.48. The smallest absolute Gasteiger partial charge is 0.394 e. The minimum absolute atomic E-state index is 0.0985. The average molecular weight is 647 g/mol. The summed E-state index contributed by atoms with van der Waals surface area (Å²) >= 11 is 10.1. The molecule has 2 aromatic heterocycles. The zero-order chi connectivity index (χ0) is 24.0. The number of aromatic nitrogens is 2. The lowest BCUT2D eigenvalue weighted by atomic mass is 9.92. The number of benzene rings is 2. The molecule has 4 rings (SSSR count). The van der Waals surface area contributed by atoms with Gasteiger partial charge in [0, 0.05) is 26.3 Å². The van der Waals surface area contributed by atoms with Crippen LogP contribution in [-0.2, 0) is 10.5 Å². The van der Waals surface area contributed by atoms with E-state index < -0.39 is 28.5 Å². The molecule has 1 N–H and O–H groups in total. The molecule has 0 aliphatic rings. The van der Waals surface area contributed by atoms with Gasteiger partial charge in [0.05, 0.1) is 23.6 Å². The molecule has 0 saturated carbocycles. The van der Waals surface area contributed by atoms with Crippen molar-refractivity contribution in [3.05, 3.63) is 92.6 Å². The number of nitrogens with zero attached hydrogens (tertiary/aromatic N) is 2. The van der Waals surface area contributed by atoms with E-state index in [1.807, 2.05) is 0 Å². The van der Waals surface area contributed by atoms with E-state index in [9.17, 15) is 23.1 Å². The van der Waals surface area contributed by atoms with Crippen LogP contribution in [0.4, 0.5) is 13.2 Å². The Balaban J connectivity index is 2.02. The Bertz CT molecular complexity index is 1340. The highest BCUT2D eigenvalue weighted by Gasteiger charge is 2.43. The monoisotopic (exact) mass is 644 g/mol. The largest absolute Gasteiger partial charge is 0.417 e. The molecule has 1 atom stereocenters. The van der Waals surface area contributed by atoms with Gasteiger partial charge in [0.15, 0.2) is 10.1 Å². The summed E-state index contributed by atoms with van der Waals surface area (Å²) < 4.78 is 41.5. The van der Waals surface area contributed by atoms with Crippen LogP contribution >= 0.6 is 47.8 Å². The Morgan fingerprint density at radius 3 is 2.06 bits per heavy atom. The predicted octanol–water partition coefficient (Wildman–Crippen LogP) is 7.01. The van der Waals surface area contributed by atoms with Gasteiger partial charge in [-0.15, -0.1) is 0 Å². The van der Waals surface area contributed by atoms with Gasteiger partial charge < -0.3 is 9.51 Å². The van der Waals surface area contributed by atoms with Gasteiger partial charge in [0.1, 0.15) is 5.65 Å². The summed E-state index contributed by atoms with van der Waals surface area (Å²) in [6.45, 7) is -0.713. The van der Waals surface area contributed by atoms with E-state index in [4.69, 9.17) is 0 Å². The molecule has 4 nitrogen and oxygen atoms in total. The van der Waals surface area contributed by atoms with Crippen LogP contribution in [0.25, 0.3) is 16.9 Å². The lowest BCUT2D eigenvalue weighted by molar-refractivity contribution is -0.137. The number of hydrogen-bond acceptors (Lipinski definition) is 3. The number of carbonyl (C=O) groups is 1. The summed E-state index contributed by atoms with van der Waals surface area (Å²) in [5.74, 6) is -0.518. The zero-order valence-corrected chi connectivity index (χ0v) is 21.3. The topological polar surface area (TPSA) is 54.6 Å². The third-order valence-corrected chi connectivity index (χ3v) is 7.17. The predicted molar refractivity (Wildman–Crippen MR) is 129 cm³/mol. The highest BCUT2D eigenvalue weighted by atomic mass is 79.9. The van der Waals surface area contributed by atoms with E-state index in [1.165, 1.54) is 10.5 Å². The first-order chi connectivity index (χ1) is 15.5. The maximum Gasteiger partial charge on any atom is 0.417 e. The lowest BCUT2D eigenvalue weighted by Gasteiger charge is -2.25. The molecule has 0 spiro atoms. The highest BCUT2D eigenvalue weighted by molar-refractivity contribution is 9.11. The van der Waals surface area contributed by atoms with Crippen molar-refractivity contribution >= 4 is 59.2 Å². The van der Waals surface area contributed by atoms with Crippen molar-refractivity contribution in [2.24, 2.45) is 0 Å². The minimum atomic E-state index is -4.60. The van der Waals surface area contributed by atoms with E-state index in [-0.39, 0.29) is 22.6 Å². The number of rotatable bonds is 5. The van der Waals surface area contributed by atoms with E-state index in [2.05, 4.69) is 52.8 Å². The molecule has 0 amide bonds. The van der Waals surface area contributed by atoms with E-state index in [1.54, 1.807) is 48.5 Å². The number of fused-ring (bicyclic) bond motifs is 1. The molecule has 0 aliphatic heterocycles. The summed E-state index contributed by atoms with van der Waals surface area (Å²) in [4.78, 5) is 18.1. The number of pyridine rings is 1. The van der Waals surface area contributed by atoms with Crippen LogP contribution in [0.1, 0.15) is 21.6 Å². The van der Waals surface area contributed by atoms with Crippen molar-refractivity contribution < 1.29 is 23.1 Å². The molecule has 0 aliphatic carbocycles. The number of carbonyl (C=O) groups excluding carboxylic acids is 1. The summed E-state index contributed by atoms with van der Waals surface area (Å²) in [5.41, 5.74) is 0.524. The van der Waals surface area contributed by atoms with Crippen molar-refractivity contribution in [1.29, 1.82) is 0 Å². The SMILES string of the molecule is O=C(c1ccc(Br)cc1)C(Br)(CO)c1c(-c2ccc(Br)cc2)nc2ccc(C(F)(F)F)cn12. The van der Waals surface area contributed by atoms with Crippen LogP contribution < -0.4 is 0 Å². The average Bonchev–Trinajstić information content (AvgIpc) is 3.18. The molecule has 1 unspecified atom stereocenters. The van der Waals surface area contributed by atoms with Crippen molar-refractivity contribution in [2.45, 2.75) is 10.5 Å². The van der Waals surface area contributed by atoms with Crippen LogP contribution in [0.2, 0.25) is 0 Å². The van der Waals surface area contributed by atoms with Crippen molar-refractivity contribution in [3.63, 3.8) is 0 Å². The highest BCUT2D eigenvalue weighted by Crippen LogP contribution is 2.42. The van der Waals surface area contributed by atoms with Crippen molar-refractivity contribution in [1.82, 2.24) is 9.38 Å². The van der Waals surface area contributed by atoms with Crippen LogP contribution in [-0.4, -0.2) is 26.9 Å². The van der Waals surface area contributed by atoms with E-state index >= 15 is 0 Å². The van der Waals surface area contributed by atoms with Gasteiger partial charge in [-0.25, -0.2) is 4.98 Å². The molecule has 0 fully saturated rings. The Morgan fingerprint density at radius 2 is 1.52 bits per heavy atom. The molecule has 33 heavy (non-hydrogen) atoms. The lowest BCUT2D eigenvalue weighted by Crippen LogP contribution is -2.35. The molecular weight excluding hydrogens is 633 g/mol. The second-order valence-electron chi connectivity index (χ2n) is 7.25. The number of aliphatic hydroxyl groups is 1. The molecule has 2 aromatic carbocycles. The van der Waals surface area contributed by atoms with E-state index in [0.717, 1.165) is 21.2 Å². The summed E-state index contributed by atoms with van der Waals surface area (Å²) in [7, 11) is 0. The number of imidazole rings is 1. The van der Waals surface area contributed by atoms with Gasteiger partial charge in [0.2, 0.25) is 0 Å². The quantitative estimate of drug-likeness (QED) is 0.188. The van der Waals surface area contributed by atoms with Crippen LogP contribution in [0.15, 0.2) is 75.8 Å². The number of halogens is 6. The standard InChI is InChI=1S/C23H14Br3F3N2O2/c24-16-6-1-13(2-7-16)19-20(31-11-15(23(27,28)29)5-10-18(31)30-19)22(26,12-32)21(33)14-3-8-17(25)9-4-14/h1-11,32H,12H2. The maximum atomic E-state index is 13.6. The molecule has 170 valence electrons. The Kier molecular flexibility index (Phi) is 6.56. The molecule has 0 saturated heterocycles. The Hall–Kier alpha value is -2.01. The van der Waals surface area contributed by atoms with Crippen LogP contribution in [0.5, 0.6) is 0 Å². The molecule has 10 heteroatoms. The molecule has 0 bridgehead atoms. The van der Waals surface area contributed by atoms with Crippen LogP contribution in [0, 0.1) is 0 Å². The number of aliphatic hydroxyl groups excluding tert-OH is 1. The fraction of sp³-hybridized carbons (Fsp3) is 0.130. The minimum Gasteiger partial charge on any atom is -0.394 e. The molecule has 2 heterocycles. The first kappa shape index (κ1) is 24.1. The van der Waals surface area contributed by atoms with Crippen molar-refractivity contribution in [3.8, 4) is 11.3 Å². The van der Waals surface area contributed by atoms with Gasteiger partial charge in [-0.2, -0.15) is 13.2 Å². The number of alkyl halides is 4. The van der Waals surface area contributed by atoms with E-state index in [0.29, 0.717) is 5.56 Å². The Labute approximate surface area is 211 Å². The second kappa shape index (κ2) is 8.98. The molecule has 0 radical (unpaired) electrons. The van der Waals surface area contributed by atoms with Gasteiger partial charge in [-0.05, 0) is 36.4 Å². The summed E-state index contributed by atoms with van der Waals surface area (Å²) in [6, 6.07) is 15.6. The number of ketones is 1. The third-order valence-electron chi connectivity index (χ3n) is 5.12. The van der Waals surface area contributed by atoms with Crippen molar-refractivity contribution in [2.75, 3.05) is 6.61 Å². The fourth-order valence-corrected chi connectivity index (χ4v) is 4.62. The summed E-state index contributed by atoms with van der Waals surface area (Å²) in [5, 5.41) is 10.4. The van der Waals surface area contributed by atoms with Gasteiger partial charge >= 0.3 is 6.18 Å². The molecule has 4 aromatic rings. The normalized spacial score (nSPS) is 13.8. The number of Topliss-reactive ketones (excluding diaryl/α,β-unsaturated/α-hetero) is 1. The second-order valence-corrected chi connectivity index (χ2v) is 10.4. The first-order valence-corrected chi connectivity index (χ1v) is 11.9. The van der Waals surface area contributed by atoms with Gasteiger partial charge in [-0.3, -0.25) is 4.79 Å². The Morgan fingerprint density at radius 1 is 0.939 bits per heavy atom. The summed E-state index contributed by atoms with van der Waals surface area (Å²) in [6.07, 6.45) is -3.71. The van der Waals surface area contributed by atoms with Crippen LogP contribution in [0.3, 0.4) is 0 Å². The number of hydrogen-bond donors (Lipinski definition) is 1. The van der Waals surface area contributed by atoms with Gasteiger partial charge in [-0.1, -0.05) is 72.1 Å². The van der Waals surface area contributed by atoms with Gasteiger partial charge in [0.25, 0.3) is 0 Å². The zero-order valence-electron chi connectivity index (χ0n) is 16.6. The molecular formula is C23H14Br3F3N2O2. The third kappa shape index (κ3) is 4.53. The first-order valence-electron chi connectivity index (χ1n) is 9.50.